The lowest BCUT2D eigenvalue weighted by Gasteiger charge is -2.34. The van der Waals surface area contributed by atoms with Crippen LogP contribution >= 0.6 is 0 Å². The molecule has 0 bridgehead atoms. The first kappa shape index (κ1) is 17.5. The molecule has 128 valence electrons. The topological polar surface area (TPSA) is 59.0 Å². The van der Waals surface area contributed by atoms with Crippen molar-refractivity contribution in [3.63, 3.8) is 0 Å². The van der Waals surface area contributed by atoms with Gasteiger partial charge in [0.1, 0.15) is 11.5 Å². The number of rotatable bonds is 6. The Hall–Kier alpha value is -1.89. The van der Waals surface area contributed by atoms with Crippen molar-refractivity contribution in [2.75, 3.05) is 20.2 Å². The van der Waals surface area contributed by atoms with Crippen LogP contribution in [0.4, 0.5) is 8.78 Å². The largest absolute Gasteiger partial charge is 0.497 e. The molecule has 1 aliphatic heterocycles. The van der Waals surface area contributed by atoms with Crippen molar-refractivity contribution in [2.45, 2.75) is 26.5 Å². The molecule has 1 aromatic rings. The molecule has 1 aromatic carbocycles. The van der Waals surface area contributed by atoms with Crippen molar-refractivity contribution < 1.29 is 28.2 Å². The molecule has 2 unspecified atom stereocenters. The van der Waals surface area contributed by atoms with E-state index in [0.29, 0.717) is 30.8 Å². The van der Waals surface area contributed by atoms with Gasteiger partial charge in [0.2, 0.25) is 0 Å². The third-order valence-electron chi connectivity index (χ3n) is 3.96. The Morgan fingerprint density at radius 1 is 1.43 bits per heavy atom. The van der Waals surface area contributed by atoms with E-state index in [2.05, 4.69) is 4.74 Å². The number of methoxy groups -OCH3 is 1. The summed E-state index contributed by atoms with van der Waals surface area (Å²) in [5, 5.41) is 9.23. The summed E-state index contributed by atoms with van der Waals surface area (Å²) >= 11 is 0. The van der Waals surface area contributed by atoms with Gasteiger partial charge in [-0.25, -0.2) is 0 Å². The number of hydrogen-bond acceptors (Lipinski definition) is 4. The van der Waals surface area contributed by atoms with Crippen LogP contribution in [0.3, 0.4) is 0 Å². The lowest BCUT2D eigenvalue weighted by molar-refractivity contribution is -0.144. The van der Waals surface area contributed by atoms with E-state index >= 15 is 0 Å². The third-order valence-corrected chi connectivity index (χ3v) is 3.96. The molecule has 1 aliphatic rings. The Labute approximate surface area is 133 Å². The van der Waals surface area contributed by atoms with Gasteiger partial charge in [0.15, 0.2) is 0 Å². The molecular formula is C16H21F2NO4. The van der Waals surface area contributed by atoms with E-state index in [1.165, 1.54) is 13.2 Å². The van der Waals surface area contributed by atoms with Gasteiger partial charge in [-0.3, -0.25) is 9.69 Å². The van der Waals surface area contributed by atoms with Crippen LogP contribution < -0.4 is 9.47 Å². The fourth-order valence-corrected chi connectivity index (χ4v) is 3.03. The number of aliphatic carboxylic acids is 1. The van der Waals surface area contributed by atoms with E-state index in [1.807, 2.05) is 11.8 Å². The molecule has 1 saturated heterocycles. The maximum atomic E-state index is 12.5. The summed E-state index contributed by atoms with van der Waals surface area (Å²) in [6.45, 7) is 0.534. The highest BCUT2D eigenvalue weighted by Gasteiger charge is 2.30. The smallest absolute Gasteiger partial charge is 0.387 e. The molecule has 23 heavy (non-hydrogen) atoms. The number of halogens is 2. The van der Waals surface area contributed by atoms with Crippen LogP contribution in [0.2, 0.25) is 0 Å². The average Bonchev–Trinajstić information content (AvgIpc) is 2.48. The van der Waals surface area contributed by atoms with Crippen LogP contribution in [0.15, 0.2) is 18.2 Å². The fourth-order valence-electron chi connectivity index (χ4n) is 3.03. The molecule has 1 heterocycles. The number of ether oxygens (including phenoxy) is 2. The highest BCUT2D eigenvalue weighted by molar-refractivity contribution is 5.70. The molecule has 0 aliphatic carbocycles. The molecule has 0 radical (unpaired) electrons. The van der Waals surface area contributed by atoms with E-state index in [-0.39, 0.29) is 11.7 Å². The number of carboxylic acids is 1. The standard InChI is InChI=1S/C16H21F2NO4/c1-10-5-12(15(20)21)9-19(7-10)8-11-6-13(22-2)3-4-14(11)23-16(17)18/h3-4,6,10,12,16H,5,7-9H2,1-2H3,(H,20,21). The first-order valence-corrected chi connectivity index (χ1v) is 7.46. The van der Waals surface area contributed by atoms with E-state index in [4.69, 9.17) is 4.74 Å². The van der Waals surface area contributed by atoms with Crippen molar-refractivity contribution in [2.24, 2.45) is 11.8 Å². The maximum absolute atomic E-state index is 12.5. The number of hydrogen-bond donors (Lipinski definition) is 1. The lowest BCUT2D eigenvalue weighted by Crippen LogP contribution is -2.42. The quantitative estimate of drug-likeness (QED) is 0.870. The summed E-state index contributed by atoms with van der Waals surface area (Å²) in [5.41, 5.74) is 0.558. The number of piperidine rings is 1. The number of carbonyl (C=O) groups is 1. The SMILES string of the molecule is COc1ccc(OC(F)F)c(CN2CC(C)CC(C(=O)O)C2)c1. The Balaban J connectivity index is 2.18. The normalized spacial score (nSPS) is 22.1. The number of alkyl halides is 2. The molecule has 2 rings (SSSR count). The van der Waals surface area contributed by atoms with Crippen LogP contribution in [0, 0.1) is 11.8 Å². The monoisotopic (exact) mass is 329 g/mol. The zero-order valence-electron chi connectivity index (χ0n) is 13.2. The molecule has 0 amide bonds. The number of nitrogens with zero attached hydrogens (tertiary/aromatic N) is 1. The third kappa shape index (κ3) is 4.79. The Morgan fingerprint density at radius 3 is 2.78 bits per heavy atom. The summed E-state index contributed by atoms with van der Waals surface area (Å²) in [6, 6.07) is 4.65. The average molecular weight is 329 g/mol. The van der Waals surface area contributed by atoms with Crippen LogP contribution in [0.25, 0.3) is 0 Å². The minimum absolute atomic E-state index is 0.0888. The molecule has 0 aromatic heterocycles. The first-order valence-electron chi connectivity index (χ1n) is 7.46. The molecule has 5 nitrogen and oxygen atoms in total. The fraction of sp³-hybridized carbons (Fsp3) is 0.562. The zero-order valence-corrected chi connectivity index (χ0v) is 13.2. The molecule has 7 heteroatoms. The second-order valence-electron chi connectivity index (χ2n) is 5.92. The van der Waals surface area contributed by atoms with Gasteiger partial charge in [-0.1, -0.05) is 6.92 Å². The Kier molecular flexibility index (Phi) is 5.76. The molecule has 1 N–H and O–H groups in total. The van der Waals surface area contributed by atoms with Crippen LogP contribution in [0.1, 0.15) is 18.9 Å². The second kappa shape index (κ2) is 7.59. The lowest BCUT2D eigenvalue weighted by atomic mass is 9.90. The van der Waals surface area contributed by atoms with Crippen molar-refractivity contribution in [3.8, 4) is 11.5 Å². The van der Waals surface area contributed by atoms with Gasteiger partial charge in [-0.15, -0.1) is 0 Å². The van der Waals surface area contributed by atoms with Crippen molar-refractivity contribution in [1.29, 1.82) is 0 Å². The predicted octanol–water partition coefficient (Wildman–Crippen LogP) is 2.84. The second-order valence-corrected chi connectivity index (χ2v) is 5.92. The van der Waals surface area contributed by atoms with E-state index in [9.17, 15) is 18.7 Å². The highest BCUT2D eigenvalue weighted by Crippen LogP contribution is 2.29. The highest BCUT2D eigenvalue weighted by atomic mass is 19.3. The van der Waals surface area contributed by atoms with E-state index in [0.717, 1.165) is 6.54 Å². The Bertz CT molecular complexity index is 553. The molecule has 1 fully saturated rings. The molecule has 0 spiro atoms. The summed E-state index contributed by atoms with van der Waals surface area (Å²) < 4.78 is 34.8. The summed E-state index contributed by atoms with van der Waals surface area (Å²) in [6.07, 6.45) is 0.629. The summed E-state index contributed by atoms with van der Waals surface area (Å²) in [5.74, 6) is -0.401. The number of carboxylic acid groups (broad SMARTS) is 1. The van der Waals surface area contributed by atoms with Crippen LogP contribution in [0.5, 0.6) is 11.5 Å². The van der Waals surface area contributed by atoms with Gasteiger partial charge in [0, 0.05) is 25.2 Å². The summed E-state index contributed by atoms with van der Waals surface area (Å²) in [7, 11) is 1.50. The van der Waals surface area contributed by atoms with Gasteiger partial charge in [-0.2, -0.15) is 8.78 Å². The van der Waals surface area contributed by atoms with Crippen molar-refractivity contribution >= 4 is 5.97 Å². The van der Waals surface area contributed by atoms with Gasteiger partial charge in [0.05, 0.1) is 13.0 Å². The van der Waals surface area contributed by atoms with E-state index < -0.39 is 18.5 Å². The predicted molar refractivity (Wildman–Crippen MR) is 79.8 cm³/mol. The van der Waals surface area contributed by atoms with Gasteiger partial charge < -0.3 is 14.6 Å². The van der Waals surface area contributed by atoms with Crippen LogP contribution in [-0.4, -0.2) is 42.8 Å². The first-order chi connectivity index (χ1) is 10.9. The van der Waals surface area contributed by atoms with Gasteiger partial charge in [-0.05, 0) is 30.5 Å². The molecular weight excluding hydrogens is 308 g/mol. The molecule has 2 atom stereocenters. The van der Waals surface area contributed by atoms with E-state index in [1.54, 1.807) is 12.1 Å². The minimum atomic E-state index is -2.91. The van der Waals surface area contributed by atoms with Gasteiger partial charge in [0.25, 0.3) is 0 Å². The summed E-state index contributed by atoms with van der Waals surface area (Å²) in [4.78, 5) is 13.2. The number of likely N-dealkylation sites (tertiary alicyclic amines) is 1. The number of benzene rings is 1. The molecule has 0 saturated carbocycles. The van der Waals surface area contributed by atoms with Crippen molar-refractivity contribution in [1.82, 2.24) is 4.90 Å². The maximum Gasteiger partial charge on any atom is 0.387 e. The zero-order chi connectivity index (χ0) is 17.0. The minimum Gasteiger partial charge on any atom is -0.497 e. The van der Waals surface area contributed by atoms with Gasteiger partial charge >= 0.3 is 12.6 Å². The Morgan fingerprint density at radius 2 is 2.17 bits per heavy atom. The van der Waals surface area contributed by atoms with Crippen molar-refractivity contribution in [3.05, 3.63) is 23.8 Å². The van der Waals surface area contributed by atoms with Crippen LogP contribution in [-0.2, 0) is 11.3 Å².